The first-order chi connectivity index (χ1) is 13.7. The number of methoxy groups -OCH3 is 1. The van der Waals surface area contributed by atoms with Crippen LogP contribution >= 0.6 is 0 Å². The van der Waals surface area contributed by atoms with Gasteiger partial charge in [0.1, 0.15) is 11.6 Å². The Bertz CT molecular complexity index is 930. The zero-order chi connectivity index (χ0) is 19.5. The Hall–Kier alpha value is -2.86. The fourth-order valence-electron chi connectivity index (χ4n) is 3.64. The second-order valence-corrected chi connectivity index (χ2v) is 7.15. The van der Waals surface area contributed by atoms with E-state index in [2.05, 4.69) is 46.2 Å². The van der Waals surface area contributed by atoms with Crippen LogP contribution < -0.4 is 9.64 Å². The molecule has 1 fully saturated rings. The fraction of sp³-hybridized carbons (Fsp3) is 0.318. The van der Waals surface area contributed by atoms with Gasteiger partial charge in [0, 0.05) is 38.1 Å². The molecule has 146 valence electrons. The summed E-state index contributed by atoms with van der Waals surface area (Å²) in [6.45, 7) is 4.84. The van der Waals surface area contributed by atoms with Crippen molar-refractivity contribution in [3.63, 3.8) is 0 Å². The molecule has 1 aliphatic rings. The highest BCUT2D eigenvalue weighted by Crippen LogP contribution is 2.32. The van der Waals surface area contributed by atoms with E-state index in [0.717, 1.165) is 31.7 Å². The maximum atomic E-state index is 14.5. The molecule has 0 N–H and O–H groups in total. The van der Waals surface area contributed by atoms with Crippen LogP contribution in [0.5, 0.6) is 5.75 Å². The summed E-state index contributed by atoms with van der Waals surface area (Å²) in [5, 5.41) is 4.40. The Morgan fingerprint density at radius 1 is 1.00 bits per heavy atom. The van der Waals surface area contributed by atoms with Gasteiger partial charge < -0.3 is 14.5 Å². The van der Waals surface area contributed by atoms with Gasteiger partial charge in [-0.1, -0.05) is 18.2 Å². The molecule has 3 aromatic rings. The largest absolute Gasteiger partial charge is 0.496 e. The van der Waals surface area contributed by atoms with Gasteiger partial charge >= 0.3 is 0 Å². The number of rotatable bonds is 5. The number of piperazine rings is 1. The number of hydrogen-bond acceptors (Lipinski definition) is 4. The van der Waals surface area contributed by atoms with E-state index in [1.807, 2.05) is 10.7 Å². The minimum absolute atomic E-state index is 0.313. The van der Waals surface area contributed by atoms with Gasteiger partial charge in [-0.3, -0.25) is 4.68 Å². The molecule has 0 aliphatic carbocycles. The lowest BCUT2D eigenvalue weighted by molar-refractivity contribution is 0.313. The van der Waals surface area contributed by atoms with Gasteiger partial charge in [0.25, 0.3) is 0 Å². The van der Waals surface area contributed by atoms with Gasteiger partial charge in [-0.05, 0) is 42.9 Å². The van der Waals surface area contributed by atoms with Gasteiger partial charge in [-0.2, -0.15) is 5.10 Å². The van der Waals surface area contributed by atoms with E-state index in [0.29, 0.717) is 23.6 Å². The van der Waals surface area contributed by atoms with Crippen molar-refractivity contribution in [2.75, 3.05) is 45.2 Å². The molecule has 1 aromatic heterocycles. The topological polar surface area (TPSA) is 33.5 Å². The third-order valence-corrected chi connectivity index (χ3v) is 5.31. The lowest BCUT2D eigenvalue weighted by Gasteiger charge is -2.34. The first-order valence-corrected chi connectivity index (χ1v) is 9.53. The van der Waals surface area contributed by atoms with Crippen LogP contribution in [0.15, 0.2) is 54.7 Å². The van der Waals surface area contributed by atoms with Gasteiger partial charge in [-0.25, -0.2) is 4.39 Å². The minimum Gasteiger partial charge on any atom is -0.496 e. The highest BCUT2D eigenvalue weighted by molar-refractivity contribution is 5.68. The number of likely N-dealkylation sites (N-methyl/N-ethyl adjacent to an activating group) is 1. The minimum atomic E-state index is -0.313. The molecule has 0 radical (unpaired) electrons. The number of anilines is 1. The number of nitrogens with zero attached hydrogens (tertiary/aromatic N) is 4. The summed E-state index contributed by atoms with van der Waals surface area (Å²) in [7, 11) is 3.71. The summed E-state index contributed by atoms with van der Waals surface area (Å²) in [4.78, 5) is 4.76. The zero-order valence-electron chi connectivity index (χ0n) is 16.3. The predicted molar refractivity (Wildman–Crippen MR) is 109 cm³/mol. The lowest BCUT2D eigenvalue weighted by atomic mass is 10.1. The van der Waals surface area contributed by atoms with E-state index in [4.69, 9.17) is 4.74 Å². The summed E-state index contributed by atoms with van der Waals surface area (Å²) < 4.78 is 21.6. The van der Waals surface area contributed by atoms with E-state index in [9.17, 15) is 4.39 Å². The normalized spacial score (nSPS) is 15.0. The van der Waals surface area contributed by atoms with E-state index >= 15 is 0 Å². The van der Waals surface area contributed by atoms with Crippen molar-refractivity contribution < 1.29 is 9.13 Å². The summed E-state index contributed by atoms with van der Waals surface area (Å²) in [5.41, 5.74) is 3.51. The molecule has 1 aliphatic heterocycles. The van der Waals surface area contributed by atoms with Crippen LogP contribution in [0.1, 0.15) is 5.56 Å². The number of halogens is 1. The molecule has 0 amide bonds. The second kappa shape index (κ2) is 8.02. The van der Waals surface area contributed by atoms with Crippen LogP contribution in [-0.2, 0) is 6.54 Å². The highest BCUT2D eigenvalue weighted by atomic mass is 19.1. The number of benzene rings is 2. The molecule has 4 rings (SSSR count). The van der Waals surface area contributed by atoms with Crippen molar-refractivity contribution in [2.45, 2.75) is 6.54 Å². The van der Waals surface area contributed by atoms with Crippen LogP contribution in [0.4, 0.5) is 10.1 Å². The molecule has 28 heavy (non-hydrogen) atoms. The van der Waals surface area contributed by atoms with Crippen molar-refractivity contribution in [3.05, 3.63) is 66.1 Å². The SMILES string of the molecule is COc1cccc(F)c1-c1ccnn1Cc1ccc(N2CCN(C)CC2)cc1. The summed E-state index contributed by atoms with van der Waals surface area (Å²) >= 11 is 0. The van der Waals surface area contributed by atoms with Crippen molar-refractivity contribution in [3.8, 4) is 17.0 Å². The Balaban J connectivity index is 1.54. The van der Waals surface area contributed by atoms with Gasteiger partial charge in [0.15, 0.2) is 0 Å². The maximum absolute atomic E-state index is 14.5. The lowest BCUT2D eigenvalue weighted by Crippen LogP contribution is -2.44. The first kappa shape index (κ1) is 18.5. The molecule has 0 unspecified atom stereocenters. The molecular formula is C22H25FN4O. The molecule has 1 saturated heterocycles. The highest BCUT2D eigenvalue weighted by Gasteiger charge is 2.17. The van der Waals surface area contributed by atoms with Gasteiger partial charge in [0.05, 0.1) is 24.9 Å². The third kappa shape index (κ3) is 3.73. The quantitative estimate of drug-likeness (QED) is 0.678. The summed E-state index contributed by atoms with van der Waals surface area (Å²) in [6.07, 6.45) is 1.69. The monoisotopic (exact) mass is 380 g/mol. The van der Waals surface area contributed by atoms with Crippen LogP contribution in [0.25, 0.3) is 11.3 Å². The molecule has 0 spiro atoms. The smallest absolute Gasteiger partial charge is 0.136 e. The molecule has 0 atom stereocenters. The fourth-order valence-corrected chi connectivity index (χ4v) is 3.64. The molecule has 2 heterocycles. The molecule has 0 bridgehead atoms. The van der Waals surface area contributed by atoms with E-state index in [-0.39, 0.29) is 5.82 Å². The number of hydrogen-bond donors (Lipinski definition) is 0. The molecule has 2 aromatic carbocycles. The summed E-state index contributed by atoms with van der Waals surface area (Å²) in [6, 6.07) is 15.2. The standard InChI is InChI=1S/C22H25FN4O/c1-25-12-14-26(15-13-25)18-8-6-17(7-9-18)16-27-20(10-11-24-27)22-19(23)4-3-5-21(22)28-2/h3-11H,12-16H2,1-2H3. The zero-order valence-corrected chi connectivity index (χ0v) is 16.3. The predicted octanol–water partition coefficient (Wildman–Crippen LogP) is 3.50. The van der Waals surface area contributed by atoms with Crippen LogP contribution in [0.2, 0.25) is 0 Å². The van der Waals surface area contributed by atoms with Crippen molar-refractivity contribution in [2.24, 2.45) is 0 Å². The third-order valence-electron chi connectivity index (χ3n) is 5.31. The average molecular weight is 380 g/mol. The Kier molecular flexibility index (Phi) is 5.30. The van der Waals surface area contributed by atoms with Gasteiger partial charge in [0.2, 0.25) is 0 Å². The first-order valence-electron chi connectivity index (χ1n) is 9.53. The van der Waals surface area contributed by atoms with Crippen molar-refractivity contribution in [1.82, 2.24) is 14.7 Å². The Morgan fingerprint density at radius 3 is 2.46 bits per heavy atom. The van der Waals surface area contributed by atoms with E-state index in [1.54, 1.807) is 25.4 Å². The Morgan fingerprint density at radius 2 is 1.75 bits per heavy atom. The van der Waals surface area contributed by atoms with Crippen LogP contribution in [0, 0.1) is 5.82 Å². The maximum Gasteiger partial charge on any atom is 0.136 e. The number of aromatic nitrogens is 2. The molecular weight excluding hydrogens is 355 g/mol. The Labute approximate surface area is 165 Å². The second-order valence-electron chi connectivity index (χ2n) is 7.15. The van der Waals surface area contributed by atoms with Crippen molar-refractivity contribution >= 4 is 5.69 Å². The summed E-state index contributed by atoms with van der Waals surface area (Å²) in [5.74, 6) is 0.193. The number of ether oxygens (including phenoxy) is 1. The molecule has 5 nitrogen and oxygen atoms in total. The molecule has 0 saturated carbocycles. The average Bonchev–Trinajstić information content (AvgIpc) is 3.16. The van der Waals surface area contributed by atoms with Crippen LogP contribution in [0.3, 0.4) is 0 Å². The van der Waals surface area contributed by atoms with E-state index in [1.165, 1.54) is 11.8 Å². The van der Waals surface area contributed by atoms with Gasteiger partial charge in [-0.15, -0.1) is 0 Å². The van der Waals surface area contributed by atoms with E-state index < -0.39 is 0 Å². The van der Waals surface area contributed by atoms with Crippen molar-refractivity contribution in [1.29, 1.82) is 0 Å². The van der Waals surface area contributed by atoms with Crippen LogP contribution in [-0.4, -0.2) is 55.0 Å². The molecule has 6 heteroatoms.